The predicted molar refractivity (Wildman–Crippen MR) is 94.0 cm³/mol. The summed E-state index contributed by atoms with van der Waals surface area (Å²) < 4.78 is 0. The monoisotopic (exact) mass is 280 g/mol. The lowest BCUT2D eigenvalue weighted by molar-refractivity contribution is 0.214. The van der Waals surface area contributed by atoms with Crippen LogP contribution in [0.4, 0.5) is 0 Å². The van der Waals surface area contributed by atoms with E-state index in [0.717, 1.165) is 23.7 Å². The van der Waals surface area contributed by atoms with E-state index in [4.69, 9.17) is 0 Å². The molecule has 1 atom stereocenters. The van der Waals surface area contributed by atoms with Gasteiger partial charge in [-0.1, -0.05) is 74.0 Å². The van der Waals surface area contributed by atoms with Gasteiger partial charge in [0, 0.05) is 0 Å². The predicted octanol–water partition coefficient (Wildman–Crippen LogP) is 7.10. The van der Waals surface area contributed by atoms with E-state index in [1.165, 1.54) is 37.7 Å². The van der Waals surface area contributed by atoms with E-state index in [-0.39, 0.29) is 0 Å². The highest BCUT2D eigenvalue weighted by Gasteiger charge is 2.22. The lowest BCUT2D eigenvalue weighted by atomic mass is 9.75. The molecule has 0 rings (SSSR count). The summed E-state index contributed by atoms with van der Waals surface area (Å²) in [6.45, 7) is 23.2. The summed E-state index contributed by atoms with van der Waals surface area (Å²) in [5.74, 6) is 3.18. The summed E-state index contributed by atoms with van der Waals surface area (Å²) in [6.07, 6.45) is 6.42. The Morgan fingerprint density at radius 3 is 1.85 bits per heavy atom. The molecule has 0 saturated heterocycles. The molecule has 0 aliphatic rings. The molecule has 0 saturated carbocycles. The lowest BCUT2D eigenvalue weighted by Gasteiger charge is -2.30. The zero-order chi connectivity index (χ0) is 15.9. The van der Waals surface area contributed by atoms with Gasteiger partial charge in [0.05, 0.1) is 0 Å². The van der Waals surface area contributed by atoms with Crippen molar-refractivity contribution in [3.63, 3.8) is 0 Å². The number of hydrogen-bond donors (Lipinski definition) is 0. The van der Waals surface area contributed by atoms with Crippen LogP contribution in [0.3, 0.4) is 0 Å². The fourth-order valence-corrected chi connectivity index (χ4v) is 3.52. The van der Waals surface area contributed by atoms with Crippen molar-refractivity contribution < 1.29 is 0 Å². The molecule has 120 valence electrons. The van der Waals surface area contributed by atoms with Crippen LogP contribution in [0.1, 0.15) is 87.5 Å². The maximum absolute atomic E-state index is 4.34. The molecule has 0 heteroatoms. The second-order valence-corrected chi connectivity index (χ2v) is 8.47. The van der Waals surface area contributed by atoms with Crippen molar-refractivity contribution in [2.75, 3.05) is 0 Å². The van der Waals surface area contributed by atoms with Crippen molar-refractivity contribution in [1.29, 1.82) is 0 Å². The Morgan fingerprint density at radius 1 is 1.00 bits per heavy atom. The van der Waals surface area contributed by atoms with Crippen molar-refractivity contribution in [3.05, 3.63) is 12.2 Å². The molecular weight excluding hydrogens is 240 g/mol. The maximum atomic E-state index is 4.34. The average Bonchev–Trinajstić information content (AvgIpc) is 2.29. The van der Waals surface area contributed by atoms with Gasteiger partial charge in [-0.3, -0.25) is 0 Å². The maximum Gasteiger partial charge on any atom is -0.0290 e. The molecule has 0 nitrogen and oxygen atoms in total. The highest BCUT2D eigenvalue weighted by molar-refractivity contribution is 4.97. The van der Waals surface area contributed by atoms with E-state index >= 15 is 0 Å². The summed E-state index contributed by atoms with van der Waals surface area (Å²) in [6, 6.07) is 0. The summed E-state index contributed by atoms with van der Waals surface area (Å²) >= 11 is 0. The van der Waals surface area contributed by atoms with Crippen LogP contribution in [0.25, 0.3) is 0 Å². The molecule has 0 fully saturated rings. The summed E-state index contributed by atoms with van der Waals surface area (Å²) in [5, 5.41) is 0. The third-order valence-corrected chi connectivity index (χ3v) is 5.04. The van der Waals surface area contributed by atoms with Crippen molar-refractivity contribution >= 4 is 0 Å². The van der Waals surface area contributed by atoms with Crippen LogP contribution in [0, 0.1) is 29.1 Å². The van der Waals surface area contributed by atoms with Gasteiger partial charge in [-0.2, -0.15) is 0 Å². The molecule has 0 heterocycles. The zero-order valence-electron chi connectivity index (χ0n) is 15.6. The molecule has 0 radical (unpaired) electrons. The quantitative estimate of drug-likeness (QED) is 0.395. The minimum atomic E-state index is 0.453. The van der Waals surface area contributed by atoms with Gasteiger partial charge in [0.15, 0.2) is 0 Å². The number of hydrogen-bond acceptors (Lipinski definition) is 0. The molecule has 0 aromatic carbocycles. The van der Waals surface area contributed by atoms with Gasteiger partial charge >= 0.3 is 0 Å². The molecule has 0 aromatic rings. The van der Waals surface area contributed by atoms with E-state index in [9.17, 15) is 0 Å². The Morgan fingerprint density at radius 2 is 1.50 bits per heavy atom. The smallest absolute Gasteiger partial charge is 0.0290 e. The summed E-state index contributed by atoms with van der Waals surface area (Å²) in [7, 11) is 0. The van der Waals surface area contributed by atoms with E-state index in [2.05, 4.69) is 62.0 Å². The fourth-order valence-electron chi connectivity index (χ4n) is 3.52. The highest BCUT2D eigenvalue weighted by atomic mass is 14.3. The molecule has 0 bridgehead atoms. The molecule has 20 heavy (non-hydrogen) atoms. The first kappa shape index (κ1) is 19.7. The third kappa shape index (κ3) is 7.50. The average molecular weight is 281 g/mol. The van der Waals surface area contributed by atoms with E-state index < -0.39 is 0 Å². The molecule has 0 aliphatic heterocycles. The minimum Gasteiger partial charge on any atom is -0.0999 e. The summed E-state index contributed by atoms with van der Waals surface area (Å²) in [5.41, 5.74) is 1.93. The zero-order valence-corrected chi connectivity index (χ0v) is 15.6. The molecule has 1 unspecified atom stereocenters. The highest BCUT2D eigenvalue weighted by Crippen LogP contribution is 2.34. The van der Waals surface area contributed by atoms with Crippen LogP contribution in [0.5, 0.6) is 0 Å². The van der Waals surface area contributed by atoms with Crippen LogP contribution < -0.4 is 0 Å². The van der Waals surface area contributed by atoms with Gasteiger partial charge in [0.25, 0.3) is 0 Å². The number of allylic oxidation sites excluding steroid dienone is 1. The van der Waals surface area contributed by atoms with E-state index in [1.807, 2.05) is 0 Å². The summed E-state index contributed by atoms with van der Waals surface area (Å²) in [4.78, 5) is 0. The molecule has 0 spiro atoms. The topological polar surface area (TPSA) is 0 Å². The minimum absolute atomic E-state index is 0.453. The SMILES string of the molecule is C=C(CCCC(CC)C(C)(C)C)CC(C(C)C)C(C)C. The second kappa shape index (κ2) is 8.90. The molecule has 0 N–H and O–H groups in total. The number of rotatable bonds is 9. The second-order valence-electron chi connectivity index (χ2n) is 8.47. The van der Waals surface area contributed by atoms with Gasteiger partial charge in [-0.15, -0.1) is 0 Å². The lowest BCUT2D eigenvalue weighted by Crippen LogP contribution is -2.19. The van der Waals surface area contributed by atoms with Crippen LogP contribution in [-0.4, -0.2) is 0 Å². The van der Waals surface area contributed by atoms with Gasteiger partial charge in [0.2, 0.25) is 0 Å². The van der Waals surface area contributed by atoms with Crippen molar-refractivity contribution in [1.82, 2.24) is 0 Å². The van der Waals surface area contributed by atoms with E-state index in [1.54, 1.807) is 0 Å². The standard InChI is InChI=1S/C20H40/c1-10-18(20(7,8)9)13-11-12-17(6)14-19(15(2)3)16(4)5/h15-16,18-19H,6,10-14H2,1-5,7-9H3. The van der Waals surface area contributed by atoms with E-state index in [0.29, 0.717) is 5.41 Å². The molecule has 0 amide bonds. The van der Waals surface area contributed by atoms with Crippen LogP contribution in [0.15, 0.2) is 12.2 Å². The first-order chi connectivity index (χ1) is 9.09. The Balaban J connectivity index is 4.17. The van der Waals surface area contributed by atoms with Gasteiger partial charge < -0.3 is 0 Å². The molecule has 0 aliphatic carbocycles. The van der Waals surface area contributed by atoms with Gasteiger partial charge in [-0.25, -0.2) is 0 Å². The largest absolute Gasteiger partial charge is 0.0999 e. The third-order valence-electron chi connectivity index (χ3n) is 5.04. The fraction of sp³-hybridized carbons (Fsp3) is 0.900. The Hall–Kier alpha value is -0.260. The Labute approximate surface area is 129 Å². The van der Waals surface area contributed by atoms with Crippen molar-refractivity contribution in [2.24, 2.45) is 29.1 Å². The molecular formula is C20H40. The molecule has 0 aromatic heterocycles. The van der Waals surface area contributed by atoms with Crippen LogP contribution in [-0.2, 0) is 0 Å². The van der Waals surface area contributed by atoms with Gasteiger partial charge in [-0.05, 0) is 54.8 Å². The van der Waals surface area contributed by atoms with Gasteiger partial charge in [0.1, 0.15) is 0 Å². The van der Waals surface area contributed by atoms with Crippen molar-refractivity contribution in [3.8, 4) is 0 Å². The van der Waals surface area contributed by atoms with Crippen LogP contribution >= 0.6 is 0 Å². The van der Waals surface area contributed by atoms with Crippen LogP contribution in [0.2, 0.25) is 0 Å². The Kier molecular flexibility index (Phi) is 8.79. The van der Waals surface area contributed by atoms with Crippen molar-refractivity contribution in [2.45, 2.75) is 87.5 Å². The normalized spacial score (nSPS) is 14.3. The first-order valence-corrected chi connectivity index (χ1v) is 8.76. The first-order valence-electron chi connectivity index (χ1n) is 8.76. The Bertz CT molecular complexity index is 256.